The van der Waals surface area contributed by atoms with Gasteiger partial charge in [-0.3, -0.25) is 0 Å². The van der Waals surface area contributed by atoms with Crippen molar-refractivity contribution in [1.82, 2.24) is 5.32 Å². The molecule has 0 rings (SSSR count). The van der Waals surface area contributed by atoms with E-state index in [1.807, 2.05) is 0 Å². The van der Waals surface area contributed by atoms with Crippen LogP contribution in [0.2, 0.25) is 0 Å². The van der Waals surface area contributed by atoms with Crippen molar-refractivity contribution < 1.29 is 13.2 Å². The first kappa shape index (κ1) is 14.7. The smallest absolute Gasteiger partial charge is 0.330 e. The largest absolute Gasteiger partial charge is 0.389 e. The maximum atomic E-state index is 11.8. The Morgan fingerprint density at radius 2 is 2.00 bits per heavy atom. The highest BCUT2D eigenvalue weighted by Gasteiger charge is 2.25. The van der Waals surface area contributed by atoms with Gasteiger partial charge >= 0.3 is 6.18 Å². The van der Waals surface area contributed by atoms with Crippen LogP contribution in [0, 0.1) is 5.92 Å². The summed E-state index contributed by atoms with van der Waals surface area (Å²) >= 11 is 0. The monoisotopic (exact) mass is 226 g/mol. The second-order valence-corrected chi connectivity index (χ2v) is 3.81. The quantitative estimate of drug-likeness (QED) is 0.623. The molecule has 0 amide bonds. The van der Waals surface area contributed by atoms with Gasteiger partial charge in [-0.05, 0) is 38.4 Å². The molecular weight excluding hydrogens is 205 g/mol. The van der Waals surface area contributed by atoms with Gasteiger partial charge in [0.25, 0.3) is 0 Å². The van der Waals surface area contributed by atoms with Gasteiger partial charge < -0.3 is 11.1 Å². The molecule has 1 atom stereocenters. The maximum Gasteiger partial charge on any atom is 0.389 e. The zero-order chi connectivity index (χ0) is 11.7. The summed E-state index contributed by atoms with van der Waals surface area (Å²) in [5, 5.41) is 3.01. The van der Waals surface area contributed by atoms with Crippen LogP contribution in [0.4, 0.5) is 13.2 Å². The third kappa shape index (κ3) is 10.0. The Kier molecular flexibility index (Phi) is 7.78. The lowest BCUT2D eigenvalue weighted by atomic mass is 10.0. The van der Waals surface area contributed by atoms with E-state index in [2.05, 4.69) is 12.2 Å². The summed E-state index contributed by atoms with van der Waals surface area (Å²) in [6, 6.07) is 0. The molecule has 5 heteroatoms. The molecule has 0 heterocycles. The van der Waals surface area contributed by atoms with Crippen molar-refractivity contribution >= 4 is 0 Å². The van der Waals surface area contributed by atoms with Crippen LogP contribution in [-0.2, 0) is 0 Å². The van der Waals surface area contributed by atoms with Gasteiger partial charge in [-0.2, -0.15) is 13.2 Å². The second-order valence-electron chi connectivity index (χ2n) is 3.81. The van der Waals surface area contributed by atoms with Crippen molar-refractivity contribution in [3.8, 4) is 0 Å². The van der Waals surface area contributed by atoms with E-state index in [1.165, 1.54) is 0 Å². The van der Waals surface area contributed by atoms with Crippen molar-refractivity contribution in [2.45, 2.75) is 38.8 Å². The molecule has 0 aliphatic heterocycles. The molecule has 2 nitrogen and oxygen atoms in total. The molecule has 0 aromatic carbocycles. The average Bonchev–Trinajstić information content (AvgIpc) is 2.14. The molecule has 0 saturated heterocycles. The predicted molar refractivity (Wildman–Crippen MR) is 55.6 cm³/mol. The average molecular weight is 226 g/mol. The van der Waals surface area contributed by atoms with Gasteiger partial charge in [-0.25, -0.2) is 0 Å². The van der Waals surface area contributed by atoms with Gasteiger partial charge in [0, 0.05) is 6.42 Å². The topological polar surface area (TPSA) is 38.0 Å². The molecule has 0 radical (unpaired) electrons. The van der Waals surface area contributed by atoms with Crippen molar-refractivity contribution in [2.24, 2.45) is 11.7 Å². The normalized spacial score (nSPS) is 14.2. The molecule has 1 unspecified atom stereocenters. The molecule has 15 heavy (non-hydrogen) atoms. The van der Waals surface area contributed by atoms with Gasteiger partial charge in [-0.1, -0.05) is 13.3 Å². The van der Waals surface area contributed by atoms with Crippen molar-refractivity contribution in [1.29, 1.82) is 0 Å². The summed E-state index contributed by atoms with van der Waals surface area (Å²) in [4.78, 5) is 0. The Morgan fingerprint density at radius 1 is 1.33 bits per heavy atom. The molecule has 0 spiro atoms. The van der Waals surface area contributed by atoms with E-state index in [4.69, 9.17) is 5.73 Å². The number of hydrogen-bond donors (Lipinski definition) is 2. The Morgan fingerprint density at radius 3 is 2.47 bits per heavy atom. The first-order chi connectivity index (χ1) is 6.99. The number of alkyl halides is 3. The molecular formula is C10H21F3N2. The van der Waals surface area contributed by atoms with E-state index in [-0.39, 0.29) is 6.42 Å². The minimum Gasteiger partial charge on any atom is -0.330 e. The van der Waals surface area contributed by atoms with Crippen molar-refractivity contribution in [3.05, 3.63) is 0 Å². The minimum atomic E-state index is -4.03. The fourth-order valence-electron chi connectivity index (χ4n) is 1.43. The van der Waals surface area contributed by atoms with Crippen LogP contribution in [0.15, 0.2) is 0 Å². The van der Waals surface area contributed by atoms with Crippen LogP contribution in [0.1, 0.15) is 32.6 Å². The highest BCUT2D eigenvalue weighted by molar-refractivity contribution is 4.63. The number of nitrogens with one attached hydrogen (secondary N) is 1. The van der Waals surface area contributed by atoms with Gasteiger partial charge in [0.15, 0.2) is 0 Å². The second kappa shape index (κ2) is 7.93. The van der Waals surface area contributed by atoms with Gasteiger partial charge in [0.05, 0.1) is 0 Å². The molecule has 0 bridgehead atoms. The number of nitrogens with two attached hydrogens (primary N) is 1. The minimum absolute atomic E-state index is 0.146. The predicted octanol–water partition coefficient (Wildman–Crippen LogP) is 2.29. The summed E-state index contributed by atoms with van der Waals surface area (Å²) < 4.78 is 35.3. The Balaban J connectivity index is 3.36. The first-order valence-corrected chi connectivity index (χ1v) is 5.47. The van der Waals surface area contributed by atoms with Gasteiger partial charge in [0.1, 0.15) is 0 Å². The third-order valence-electron chi connectivity index (χ3n) is 2.28. The van der Waals surface area contributed by atoms with E-state index >= 15 is 0 Å². The molecule has 0 saturated carbocycles. The number of hydrogen-bond acceptors (Lipinski definition) is 2. The Hall–Kier alpha value is -0.290. The molecule has 0 aromatic heterocycles. The SMILES string of the molecule is CCCC(CN)CNCCCC(F)(F)F. The van der Waals surface area contributed by atoms with Crippen LogP contribution in [-0.4, -0.2) is 25.8 Å². The first-order valence-electron chi connectivity index (χ1n) is 5.47. The highest BCUT2D eigenvalue weighted by Crippen LogP contribution is 2.20. The number of halogens is 3. The summed E-state index contributed by atoms with van der Waals surface area (Å²) in [6.45, 7) is 3.81. The molecule has 92 valence electrons. The van der Waals surface area contributed by atoms with Crippen LogP contribution < -0.4 is 11.1 Å². The van der Waals surface area contributed by atoms with Gasteiger partial charge in [0.2, 0.25) is 0 Å². The fraction of sp³-hybridized carbons (Fsp3) is 1.00. The maximum absolute atomic E-state index is 11.8. The van der Waals surface area contributed by atoms with Gasteiger partial charge in [-0.15, -0.1) is 0 Å². The molecule has 0 aromatic rings. The van der Waals surface area contributed by atoms with Crippen molar-refractivity contribution in [2.75, 3.05) is 19.6 Å². The third-order valence-corrected chi connectivity index (χ3v) is 2.28. The Bertz CT molecular complexity index is 148. The lowest BCUT2D eigenvalue weighted by Gasteiger charge is -2.14. The van der Waals surface area contributed by atoms with Crippen LogP contribution in [0.25, 0.3) is 0 Å². The van der Waals surface area contributed by atoms with E-state index in [0.29, 0.717) is 19.0 Å². The lowest BCUT2D eigenvalue weighted by molar-refractivity contribution is -0.135. The molecule has 0 aliphatic carbocycles. The Labute approximate surface area is 89.4 Å². The fourth-order valence-corrected chi connectivity index (χ4v) is 1.43. The summed E-state index contributed by atoms with van der Waals surface area (Å²) in [5.41, 5.74) is 5.52. The summed E-state index contributed by atoms with van der Waals surface area (Å²) in [7, 11) is 0. The van der Waals surface area contributed by atoms with Crippen LogP contribution >= 0.6 is 0 Å². The molecule has 0 fully saturated rings. The zero-order valence-electron chi connectivity index (χ0n) is 9.24. The van der Waals surface area contributed by atoms with Crippen molar-refractivity contribution in [3.63, 3.8) is 0 Å². The van der Waals surface area contributed by atoms with Crippen LogP contribution in [0.5, 0.6) is 0 Å². The molecule has 0 aliphatic rings. The summed E-state index contributed by atoms with van der Waals surface area (Å²) in [5.74, 6) is 0.390. The lowest BCUT2D eigenvalue weighted by Crippen LogP contribution is -2.29. The van der Waals surface area contributed by atoms with E-state index in [9.17, 15) is 13.2 Å². The summed E-state index contributed by atoms with van der Waals surface area (Å²) in [6.07, 6.45) is -2.50. The van der Waals surface area contributed by atoms with E-state index < -0.39 is 12.6 Å². The standard InChI is InChI=1S/C10H21F3N2/c1-2-4-9(7-14)8-15-6-3-5-10(11,12)13/h9,15H,2-8,14H2,1H3. The van der Waals surface area contributed by atoms with E-state index in [0.717, 1.165) is 19.4 Å². The highest BCUT2D eigenvalue weighted by atomic mass is 19.4. The number of rotatable bonds is 8. The molecule has 3 N–H and O–H groups in total. The zero-order valence-corrected chi connectivity index (χ0v) is 9.24. The van der Waals surface area contributed by atoms with E-state index in [1.54, 1.807) is 0 Å². The van der Waals surface area contributed by atoms with Crippen LogP contribution in [0.3, 0.4) is 0 Å².